The van der Waals surface area contributed by atoms with Gasteiger partial charge in [-0.15, -0.1) is 11.3 Å². The van der Waals surface area contributed by atoms with Gasteiger partial charge in [0.1, 0.15) is 15.7 Å². The van der Waals surface area contributed by atoms with Crippen molar-refractivity contribution in [1.29, 1.82) is 0 Å². The van der Waals surface area contributed by atoms with Gasteiger partial charge in [-0.3, -0.25) is 0 Å². The summed E-state index contributed by atoms with van der Waals surface area (Å²) in [4.78, 5) is 5.24. The molecule has 2 aromatic rings. The van der Waals surface area contributed by atoms with Crippen molar-refractivity contribution in [2.75, 3.05) is 5.73 Å². The third-order valence-corrected chi connectivity index (χ3v) is 6.11. The molecule has 1 aromatic carbocycles. The van der Waals surface area contributed by atoms with Crippen LogP contribution in [0.15, 0.2) is 23.1 Å². The first-order valence-electron chi connectivity index (χ1n) is 5.51. The number of anilines is 1. The number of halogens is 1. The molecule has 19 heavy (non-hydrogen) atoms. The van der Waals surface area contributed by atoms with E-state index in [-0.39, 0.29) is 21.4 Å². The van der Waals surface area contributed by atoms with Gasteiger partial charge in [-0.25, -0.2) is 13.4 Å². The Balaban J connectivity index is 2.43. The number of nitrogens with two attached hydrogens (primary N) is 1. The van der Waals surface area contributed by atoms with Gasteiger partial charge >= 0.3 is 0 Å². The molecular weight excluding hydrogens is 304 g/mol. The molecule has 1 heterocycles. The number of sulfone groups is 1. The van der Waals surface area contributed by atoms with Gasteiger partial charge in [0.2, 0.25) is 0 Å². The minimum Gasteiger partial charge on any atom is -0.398 e. The average molecular weight is 317 g/mol. The molecule has 0 saturated heterocycles. The number of nitrogens with zero attached hydrogens (tertiary/aromatic N) is 1. The highest BCUT2D eigenvalue weighted by Crippen LogP contribution is 2.31. The fraction of sp³-hybridized carbons (Fsp3) is 0.250. The van der Waals surface area contributed by atoms with E-state index in [2.05, 4.69) is 4.98 Å². The summed E-state index contributed by atoms with van der Waals surface area (Å²) in [5.41, 5.74) is 6.73. The van der Waals surface area contributed by atoms with Gasteiger partial charge < -0.3 is 5.73 Å². The van der Waals surface area contributed by atoms with Crippen molar-refractivity contribution in [3.63, 3.8) is 0 Å². The standard InChI is InChI=1S/C12H13ClN2O2S2/c1-7-8(2)18-11(15-7)6-19(16,17)12-9(13)4-3-5-10(12)14/h3-5H,6,14H2,1-2H3. The van der Waals surface area contributed by atoms with E-state index in [1.807, 2.05) is 13.8 Å². The summed E-state index contributed by atoms with van der Waals surface area (Å²) >= 11 is 7.31. The van der Waals surface area contributed by atoms with Gasteiger partial charge in [0.15, 0.2) is 9.84 Å². The van der Waals surface area contributed by atoms with Gasteiger partial charge in [0.25, 0.3) is 0 Å². The van der Waals surface area contributed by atoms with E-state index in [0.717, 1.165) is 10.6 Å². The van der Waals surface area contributed by atoms with Gasteiger partial charge in [0.05, 0.1) is 16.4 Å². The molecule has 0 bridgehead atoms. The molecule has 2 N–H and O–H groups in total. The molecule has 0 saturated carbocycles. The molecule has 0 aliphatic carbocycles. The van der Waals surface area contributed by atoms with E-state index in [4.69, 9.17) is 17.3 Å². The summed E-state index contributed by atoms with van der Waals surface area (Å²) in [7, 11) is -3.59. The summed E-state index contributed by atoms with van der Waals surface area (Å²) in [6, 6.07) is 4.66. The quantitative estimate of drug-likeness (QED) is 0.883. The predicted octanol–water partition coefficient (Wildman–Crippen LogP) is 2.97. The molecule has 102 valence electrons. The van der Waals surface area contributed by atoms with E-state index in [1.165, 1.54) is 23.5 Å². The zero-order valence-electron chi connectivity index (χ0n) is 10.5. The van der Waals surface area contributed by atoms with E-state index in [9.17, 15) is 8.42 Å². The lowest BCUT2D eigenvalue weighted by Gasteiger charge is -2.07. The molecule has 7 heteroatoms. The maximum absolute atomic E-state index is 12.4. The third-order valence-electron chi connectivity index (χ3n) is 2.69. The Morgan fingerprint density at radius 2 is 2.05 bits per heavy atom. The minimum atomic E-state index is -3.59. The lowest BCUT2D eigenvalue weighted by Crippen LogP contribution is -2.08. The van der Waals surface area contributed by atoms with Crippen molar-refractivity contribution in [3.8, 4) is 0 Å². The Bertz CT molecular complexity index is 684. The van der Waals surface area contributed by atoms with Gasteiger partial charge in [-0.05, 0) is 26.0 Å². The van der Waals surface area contributed by atoms with Crippen molar-refractivity contribution >= 4 is 38.5 Å². The van der Waals surface area contributed by atoms with Crippen LogP contribution in [0.5, 0.6) is 0 Å². The second-order valence-electron chi connectivity index (χ2n) is 4.17. The van der Waals surface area contributed by atoms with Crippen LogP contribution in [-0.2, 0) is 15.6 Å². The van der Waals surface area contributed by atoms with Gasteiger partial charge in [-0.2, -0.15) is 0 Å². The van der Waals surface area contributed by atoms with Crippen LogP contribution in [0.25, 0.3) is 0 Å². The van der Waals surface area contributed by atoms with Crippen molar-refractivity contribution in [2.24, 2.45) is 0 Å². The number of aryl methyl sites for hydroxylation is 2. The molecule has 0 unspecified atom stereocenters. The highest BCUT2D eigenvalue weighted by atomic mass is 35.5. The van der Waals surface area contributed by atoms with E-state index in [0.29, 0.717) is 5.01 Å². The number of nitrogen functional groups attached to an aromatic ring is 1. The minimum absolute atomic E-state index is 0.0119. The molecule has 0 radical (unpaired) electrons. The first-order chi connectivity index (χ1) is 8.81. The number of hydrogen-bond acceptors (Lipinski definition) is 5. The van der Waals surface area contributed by atoms with Crippen LogP contribution in [0.2, 0.25) is 5.02 Å². The molecule has 0 spiro atoms. The van der Waals surface area contributed by atoms with E-state index >= 15 is 0 Å². The van der Waals surface area contributed by atoms with E-state index < -0.39 is 9.84 Å². The summed E-state index contributed by atoms with van der Waals surface area (Å²) in [6.45, 7) is 3.76. The maximum Gasteiger partial charge on any atom is 0.188 e. The van der Waals surface area contributed by atoms with Crippen molar-refractivity contribution in [2.45, 2.75) is 24.5 Å². The molecule has 0 atom stereocenters. The Kier molecular flexibility index (Phi) is 3.85. The SMILES string of the molecule is Cc1nc(CS(=O)(=O)c2c(N)cccc2Cl)sc1C. The Morgan fingerprint density at radius 1 is 1.37 bits per heavy atom. The first kappa shape index (κ1) is 14.3. The predicted molar refractivity (Wildman–Crippen MR) is 78.3 cm³/mol. The third kappa shape index (κ3) is 2.91. The highest BCUT2D eigenvalue weighted by Gasteiger charge is 2.23. The molecule has 0 amide bonds. The van der Waals surface area contributed by atoms with Crippen LogP contribution in [-0.4, -0.2) is 13.4 Å². The highest BCUT2D eigenvalue weighted by molar-refractivity contribution is 7.91. The molecule has 1 aromatic heterocycles. The topological polar surface area (TPSA) is 73.0 Å². The lowest BCUT2D eigenvalue weighted by molar-refractivity contribution is 0.595. The summed E-state index contributed by atoms with van der Waals surface area (Å²) in [5.74, 6) is -0.180. The first-order valence-corrected chi connectivity index (χ1v) is 8.35. The normalized spacial score (nSPS) is 11.7. The number of rotatable bonds is 3. The molecule has 0 fully saturated rings. The van der Waals surface area contributed by atoms with Crippen LogP contribution in [0.3, 0.4) is 0 Å². The number of thiazole rings is 1. The molecule has 0 aliphatic rings. The monoisotopic (exact) mass is 316 g/mol. The average Bonchev–Trinajstić information content (AvgIpc) is 2.55. The summed E-state index contributed by atoms with van der Waals surface area (Å²) in [5, 5.41) is 0.694. The zero-order valence-corrected chi connectivity index (χ0v) is 12.9. The van der Waals surface area contributed by atoms with E-state index in [1.54, 1.807) is 6.07 Å². The largest absolute Gasteiger partial charge is 0.398 e. The van der Waals surface area contributed by atoms with Crippen LogP contribution < -0.4 is 5.73 Å². The fourth-order valence-corrected chi connectivity index (χ4v) is 4.98. The van der Waals surface area contributed by atoms with Gasteiger partial charge in [-0.1, -0.05) is 17.7 Å². The maximum atomic E-state index is 12.4. The van der Waals surface area contributed by atoms with Gasteiger partial charge in [0, 0.05) is 4.88 Å². The Hall–Kier alpha value is -1.11. The summed E-state index contributed by atoms with van der Waals surface area (Å²) < 4.78 is 24.7. The van der Waals surface area contributed by atoms with Crippen molar-refractivity contribution in [1.82, 2.24) is 4.98 Å². The number of benzene rings is 1. The molecule has 0 aliphatic heterocycles. The Morgan fingerprint density at radius 3 is 2.58 bits per heavy atom. The van der Waals surface area contributed by atoms with Crippen LogP contribution >= 0.6 is 22.9 Å². The lowest BCUT2D eigenvalue weighted by atomic mass is 10.3. The van der Waals surface area contributed by atoms with Crippen molar-refractivity contribution in [3.05, 3.63) is 38.8 Å². The molecule has 2 rings (SSSR count). The molecular formula is C12H13ClN2O2S2. The fourth-order valence-electron chi connectivity index (χ4n) is 1.69. The number of hydrogen-bond donors (Lipinski definition) is 1. The zero-order chi connectivity index (χ0) is 14.2. The Labute approximate surface area is 121 Å². The second kappa shape index (κ2) is 5.11. The second-order valence-corrected chi connectivity index (χ2v) is 7.79. The molecule has 4 nitrogen and oxygen atoms in total. The summed E-state index contributed by atoms with van der Waals surface area (Å²) in [6.07, 6.45) is 0. The smallest absolute Gasteiger partial charge is 0.188 e. The number of aromatic nitrogens is 1. The van der Waals surface area contributed by atoms with Crippen LogP contribution in [0, 0.1) is 13.8 Å². The van der Waals surface area contributed by atoms with Crippen LogP contribution in [0.1, 0.15) is 15.6 Å². The van der Waals surface area contributed by atoms with Crippen molar-refractivity contribution < 1.29 is 8.42 Å². The van der Waals surface area contributed by atoms with Crippen LogP contribution in [0.4, 0.5) is 5.69 Å².